The van der Waals surface area contributed by atoms with Gasteiger partial charge in [0.1, 0.15) is 5.75 Å². The van der Waals surface area contributed by atoms with Gasteiger partial charge in [-0.2, -0.15) is 0 Å². The molecular weight excluding hydrogens is 300 g/mol. The highest BCUT2D eigenvalue weighted by Gasteiger charge is 2.09. The van der Waals surface area contributed by atoms with E-state index >= 15 is 0 Å². The Labute approximate surface area is 144 Å². The molecule has 0 saturated carbocycles. The van der Waals surface area contributed by atoms with Crippen molar-refractivity contribution in [2.45, 2.75) is 45.6 Å². The maximum Gasteiger partial charge on any atom is 0.417 e. The number of amides is 1. The number of carbonyl (C=O) groups is 1. The van der Waals surface area contributed by atoms with Gasteiger partial charge in [-0.1, -0.05) is 56.5 Å². The lowest BCUT2D eigenvalue weighted by Gasteiger charge is -2.12. The Morgan fingerprint density at radius 3 is 2.58 bits per heavy atom. The molecule has 0 atom stereocenters. The third-order valence-corrected chi connectivity index (χ3v) is 3.90. The maximum atomic E-state index is 12.0. The lowest BCUT2D eigenvalue weighted by Crippen LogP contribution is -2.18. The quantitative estimate of drug-likeness (QED) is 0.680. The SMILES string of the molecule is CCCCCCc1ccc(NC(=O)Oc2ccccc2)c(CN)c1. The number of anilines is 1. The average Bonchev–Trinajstić information content (AvgIpc) is 2.60. The van der Waals surface area contributed by atoms with Crippen molar-refractivity contribution in [3.05, 3.63) is 59.7 Å². The van der Waals surface area contributed by atoms with E-state index in [-0.39, 0.29) is 0 Å². The van der Waals surface area contributed by atoms with Crippen molar-refractivity contribution in [1.29, 1.82) is 0 Å². The molecule has 0 saturated heterocycles. The molecule has 1 amide bonds. The van der Waals surface area contributed by atoms with Crippen molar-refractivity contribution in [3.8, 4) is 5.75 Å². The minimum absolute atomic E-state index is 0.379. The first kappa shape index (κ1) is 18.0. The standard InChI is InChI=1S/C20H26N2O2/c1-2-3-4-6-9-16-12-13-19(17(14-16)15-21)22-20(23)24-18-10-7-5-8-11-18/h5,7-8,10-14H,2-4,6,9,15,21H2,1H3,(H,22,23). The van der Waals surface area contributed by atoms with E-state index < -0.39 is 6.09 Å². The first-order chi connectivity index (χ1) is 11.7. The largest absolute Gasteiger partial charge is 0.417 e. The van der Waals surface area contributed by atoms with Crippen LogP contribution in [0.25, 0.3) is 0 Å². The molecule has 0 bridgehead atoms. The van der Waals surface area contributed by atoms with Crippen molar-refractivity contribution >= 4 is 11.8 Å². The normalized spacial score (nSPS) is 10.4. The molecule has 3 N–H and O–H groups in total. The van der Waals surface area contributed by atoms with Gasteiger partial charge in [0, 0.05) is 12.2 Å². The van der Waals surface area contributed by atoms with E-state index in [0.717, 1.165) is 12.0 Å². The summed E-state index contributed by atoms with van der Waals surface area (Å²) in [6.07, 6.45) is 5.47. The maximum absolute atomic E-state index is 12.0. The van der Waals surface area contributed by atoms with Gasteiger partial charge < -0.3 is 10.5 Å². The number of nitrogens with one attached hydrogen (secondary N) is 1. The zero-order valence-corrected chi connectivity index (χ0v) is 14.3. The van der Waals surface area contributed by atoms with Gasteiger partial charge in [0.15, 0.2) is 0 Å². The summed E-state index contributed by atoms with van der Waals surface area (Å²) >= 11 is 0. The van der Waals surface area contributed by atoms with E-state index in [1.165, 1.54) is 31.2 Å². The Morgan fingerprint density at radius 2 is 1.88 bits per heavy atom. The van der Waals surface area contributed by atoms with E-state index in [1.807, 2.05) is 30.3 Å². The molecule has 2 aromatic carbocycles. The van der Waals surface area contributed by atoms with Crippen LogP contribution >= 0.6 is 0 Å². The number of carbonyl (C=O) groups excluding carboxylic acids is 1. The number of benzene rings is 2. The van der Waals surface area contributed by atoms with E-state index in [4.69, 9.17) is 10.5 Å². The molecule has 2 rings (SSSR count). The Balaban J connectivity index is 1.95. The minimum Gasteiger partial charge on any atom is -0.410 e. The molecule has 2 aromatic rings. The van der Waals surface area contributed by atoms with Crippen molar-refractivity contribution in [2.75, 3.05) is 5.32 Å². The number of hydrogen-bond donors (Lipinski definition) is 2. The molecule has 0 aromatic heterocycles. The fraction of sp³-hybridized carbons (Fsp3) is 0.350. The molecule has 0 fully saturated rings. The molecule has 24 heavy (non-hydrogen) atoms. The summed E-state index contributed by atoms with van der Waals surface area (Å²) in [5, 5.41) is 2.77. The van der Waals surface area contributed by atoms with E-state index in [1.54, 1.807) is 12.1 Å². The second kappa shape index (κ2) is 9.73. The summed E-state index contributed by atoms with van der Waals surface area (Å²) < 4.78 is 5.25. The first-order valence-corrected chi connectivity index (χ1v) is 8.58. The van der Waals surface area contributed by atoms with Crippen molar-refractivity contribution in [3.63, 3.8) is 0 Å². The number of para-hydroxylation sites is 1. The van der Waals surface area contributed by atoms with E-state index in [9.17, 15) is 4.79 Å². The number of ether oxygens (including phenoxy) is 1. The highest BCUT2D eigenvalue weighted by molar-refractivity contribution is 5.87. The summed E-state index contributed by atoms with van der Waals surface area (Å²) in [6.45, 7) is 2.59. The third-order valence-electron chi connectivity index (χ3n) is 3.90. The predicted octanol–water partition coefficient (Wildman–Crippen LogP) is 4.88. The predicted molar refractivity (Wildman–Crippen MR) is 98.3 cm³/mol. The van der Waals surface area contributed by atoms with Crippen LogP contribution < -0.4 is 15.8 Å². The number of nitrogens with two attached hydrogens (primary N) is 1. The molecule has 0 radical (unpaired) electrons. The van der Waals surface area contributed by atoms with Crippen LogP contribution in [0, 0.1) is 0 Å². The topological polar surface area (TPSA) is 64.3 Å². The third kappa shape index (κ3) is 5.70. The highest BCUT2D eigenvalue weighted by Crippen LogP contribution is 2.20. The van der Waals surface area contributed by atoms with Gasteiger partial charge in [-0.25, -0.2) is 4.79 Å². The van der Waals surface area contributed by atoms with Crippen LogP contribution in [0.3, 0.4) is 0 Å². The van der Waals surface area contributed by atoms with Crippen molar-refractivity contribution < 1.29 is 9.53 Å². The van der Waals surface area contributed by atoms with Crippen LogP contribution in [0.15, 0.2) is 48.5 Å². The molecule has 0 unspecified atom stereocenters. The summed E-state index contributed by atoms with van der Waals surface area (Å²) in [5.74, 6) is 0.511. The molecule has 0 spiro atoms. The van der Waals surface area contributed by atoms with Gasteiger partial charge in [0.2, 0.25) is 0 Å². The monoisotopic (exact) mass is 326 g/mol. The van der Waals surface area contributed by atoms with E-state index in [2.05, 4.69) is 18.3 Å². The molecule has 4 heteroatoms. The number of unbranched alkanes of at least 4 members (excludes halogenated alkanes) is 3. The summed E-state index contributed by atoms with van der Waals surface area (Å²) in [5.41, 5.74) is 8.72. The average molecular weight is 326 g/mol. The highest BCUT2D eigenvalue weighted by atomic mass is 16.6. The van der Waals surface area contributed by atoms with Crippen molar-refractivity contribution in [1.82, 2.24) is 0 Å². The van der Waals surface area contributed by atoms with Crippen LogP contribution in [-0.4, -0.2) is 6.09 Å². The van der Waals surface area contributed by atoms with Crippen LogP contribution in [0.2, 0.25) is 0 Å². The zero-order valence-electron chi connectivity index (χ0n) is 14.3. The first-order valence-electron chi connectivity index (χ1n) is 8.58. The Kier molecular flexibility index (Phi) is 7.30. The summed E-state index contributed by atoms with van der Waals surface area (Å²) in [7, 11) is 0. The Morgan fingerprint density at radius 1 is 1.08 bits per heavy atom. The fourth-order valence-corrected chi connectivity index (χ4v) is 2.58. The fourth-order valence-electron chi connectivity index (χ4n) is 2.58. The van der Waals surface area contributed by atoms with Gasteiger partial charge in [-0.15, -0.1) is 0 Å². The van der Waals surface area contributed by atoms with Gasteiger partial charge in [0.25, 0.3) is 0 Å². The number of aryl methyl sites for hydroxylation is 1. The smallest absolute Gasteiger partial charge is 0.410 e. The zero-order chi connectivity index (χ0) is 17.2. The van der Waals surface area contributed by atoms with Gasteiger partial charge in [0.05, 0.1) is 0 Å². The molecule has 128 valence electrons. The molecule has 4 nitrogen and oxygen atoms in total. The minimum atomic E-state index is -0.508. The molecule has 0 aliphatic carbocycles. The second-order valence-electron chi connectivity index (χ2n) is 5.83. The van der Waals surface area contributed by atoms with Crippen LogP contribution in [0.1, 0.15) is 43.7 Å². The molecule has 0 heterocycles. The second-order valence-corrected chi connectivity index (χ2v) is 5.83. The lowest BCUT2D eigenvalue weighted by atomic mass is 10.0. The Hall–Kier alpha value is -2.33. The Bertz CT molecular complexity index is 641. The van der Waals surface area contributed by atoms with Crippen molar-refractivity contribution in [2.24, 2.45) is 5.73 Å². The van der Waals surface area contributed by atoms with Crippen LogP contribution in [0.4, 0.5) is 10.5 Å². The van der Waals surface area contributed by atoms with Gasteiger partial charge in [-0.3, -0.25) is 5.32 Å². The molecule has 0 aliphatic rings. The van der Waals surface area contributed by atoms with Crippen LogP contribution in [-0.2, 0) is 13.0 Å². The van der Waals surface area contributed by atoms with Crippen LogP contribution in [0.5, 0.6) is 5.75 Å². The number of rotatable bonds is 8. The summed E-state index contributed by atoms with van der Waals surface area (Å²) in [6, 6.07) is 15.0. The molecular formula is C20H26N2O2. The van der Waals surface area contributed by atoms with Gasteiger partial charge in [-0.05, 0) is 42.2 Å². The number of hydrogen-bond acceptors (Lipinski definition) is 3. The van der Waals surface area contributed by atoms with Gasteiger partial charge >= 0.3 is 6.09 Å². The van der Waals surface area contributed by atoms with E-state index in [0.29, 0.717) is 18.0 Å². The lowest BCUT2D eigenvalue weighted by molar-refractivity contribution is 0.215. The molecule has 0 aliphatic heterocycles. The summed E-state index contributed by atoms with van der Waals surface area (Å²) in [4.78, 5) is 12.0.